The van der Waals surface area contributed by atoms with E-state index in [4.69, 9.17) is 21.1 Å². The van der Waals surface area contributed by atoms with Crippen LogP contribution in [0.15, 0.2) is 35.2 Å². The van der Waals surface area contributed by atoms with Crippen LogP contribution < -0.4 is 14.4 Å². The third kappa shape index (κ3) is 4.51. The highest BCUT2D eigenvalue weighted by molar-refractivity contribution is 8.00. The number of rotatable bonds is 1. The molecule has 2 aliphatic heterocycles. The number of aldehydes is 1. The number of nitrogens with zero attached hydrogens (tertiary/aromatic N) is 2. The minimum Gasteiger partial charge on any atom is -0.490 e. The Morgan fingerprint density at radius 2 is 2.17 bits per heavy atom. The zero-order chi connectivity index (χ0) is 20.9. The van der Waals surface area contributed by atoms with Gasteiger partial charge in [-0.2, -0.15) is 5.26 Å². The molecule has 1 unspecified atom stereocenters. The summed E-state index contributed by atoms with van der Waals surface area (Å²) in [5.74, 6) is 0.676. The van der Waals surface area contributed by atoms with Crippen LogP contribution in [0, 0.1) is 11.3 Å². The minimum absolute atomic E-state index is 0.234. The molecular weight excluding hydrogens is 422 g/mol. The molecule has 4 rings (SSSR count). The van der Waals surface area contributed by atoms with Gasteiger partial charge in [-0.25, -0.2) is 0 Å². The van der Waals surface area contributed by atoms with E-state index in [2.05, 4.69) is 15.7 Å². The van der Waals surface area contributed by atoms with Gasteiger partial charge in [-0.15, -0.1) is 0 Å². The van der Waals surface area contributed by atoms with Crippen molar-refractivity contribution in [3.05, 3.63) is 46.5 Å². The van der Waals surface area contributed by atoms with Crippen LogP contribution in [-0.2, 0) is 4.74 Å². The Hall–Kier alpha value is -2.40. The van der Waals surface area contributed by atoms with Crippen LogP contribution in [0.5, 0.6) is 5.75 Å². The van der Waals surface area contributed by atoms with E-state index in [1.54, 1.807) is 24.3 Å². The van der Waals surface area contributed by atoms with E-state index in [0.717, 1.165) is 48.4 Å². The van der Waals surface area contributed by atoms with Crippen LogP contribution in [0.1, 0.15) is 35.2 Å². The second kappa shape index (κ2) is 9.61. The summed E-state index contributed by atoms with van der Waals surface area (Å²) in [6.45, 7) is 2.42. The lowest BCUT2D eigenvalue weighted by molar-refractivity contribution is 0.0835. The van der Waals surface area contributed by atoms with Crippen LogP contribution >= 0.6 is 23.5 Å². The molecule has 0 aliphatic carbocycles. The van der Waals surface area contributed by atoms with Crippen LogP contribution in [0.2, 0.25) is 5.02 Å². The molecule has 0 amide bonds. The van der Waals surface area contributed by atoms with Crippen molar-refractivity contribution in [1.82, 2.24) is 0 Å². The van der Waals surface area contributed by atoms with Gasteiger partial charge < -0.3 is 19.1 Å². The molecule has 156 valence electrons. The third-order valence-electron chi connectivity index (χ3n) is 5.31. The molecule has 0 aromatic heterocycles. The molecule has 0 radical (unpaired) electrons. The van der Waals surface area contributed by atoms with Gasteiger partial charge in [0.15, 0.2) is 0 Å². The summed E-state index contributed by atoms with van der Waals surface area (Å²) in [5.41, 5.74) is 2.73. The summed E-state index contributed by atoms with van der Waals surface area (Å²) in [5, 5.41) is 9.90. The number of hydrogen-bond donors (Lipinski definition) is 1. The number of nitriles is 1. The number of carbonyl (C=O) groups excluding carboxylic acids is 1. The van der Waals surface area contributed by atoms with Gasteiger partial charge in [0.05, 0.1) is 46.1 Å². The fraction of sp³-hybridized carbons (Fsp3) is 0.364. The quantitative estimate of drug-likeness (QED) is 0.495. The lowest BCUT2D eigenvalue weighted by atomic mass is 10.0. The number of ether oxygens (including phenoxy) is 2. The molecular formula is C22H22ClN3O3S. The van der Waals surface area contributed by atoms with E-state index in [1.807, 2.05) is 6.07 Å². The number of anilines is 2. The third-order valence-corrected chi connectivity index (χ3v) is 6.49. The van der Waals surface area contributed by atoms with E-state index in [-0.39, 0.29) is 6.04 Å². The zero-order valence-electron chi connectivity index (χ0n) is 16.4. The lowest BCUT2D eigenvalue weighted by Crippen LogP contribution is -2.43. The Balaban J connectivity index is 1.75. The maximum Gasteiger partial charge on any atom is 0.150 e. The van der Waals surface area contributed by atoms with Gasteiger partial charge in [-0.1, -0.05) is 11.6 Å². The molecule has 2 aromatic rings. The SMILES string of the molecule is N#Cc1cc2c(cc1Cl)N1CCCCC1COCCOc1ccc(C=O)cc1SN2. The fourth-order valence-electron chi connectivity index (χ4n) is 3.80. The topological polar surface area (TPSA) is 74.6 Å². The molecule has 8 heteroatoms. The average Bonchev–Trinajstić information content (AvgIpc) is 2.79. The molecule has 1 N–H and O–H groups in total. The Bertz CT molecular complexity index is 979. The largest absolute Gasteiger partial charge is 0.490 e. The van der Waals surface area contributed by atoms with Crippen molar-refractivity contribution >= 4 is 41.2 Å². The number of carbonyl (C=O) groups is 1. The predicted molar refractivity (Wildman–Crippen MR) is 119 cm³/mol. The predicted octanol–water partition coefficient (Wildman–Crippen LogP) is 4.91. The molecule has 1 fully saturated rings. The van der Waals surface area contributed by atoms with Crippen molar-refractivity contribution in [3.63, 3.8) is 0 Å². The number of halogens is 1. The maximum absolute atomic E-state index is 11.2. The normalized spacial score (nSPS) is 19.2. The van der Waals surface area contributed by atoms with Crippen molar-refractivity contribution in [2.75, 3.05) is 36.0 Å². The summed E-state index contributed by atoms with van der Waals surface area (Å²) < 4.78 is 15.2. The summed E-state index contributed by atoms with van der Waals surface area (Å²) in [6, 6.07) is 11.3. The molecule has 1 atom stereocenters. The summed E-state index contributed by atoms with van der Waals surface area (Å²) in [7, 11) is 0. The van der Waals surface area contributed by atoms with E-state index in [0.29, 0.717) is 41.7 Å². The number of nitrogens with one attached hydrogen (secondary N) is 1. The second-order valence-corrected chi connectivity index (χ2v) is 8.51. The summed E-state index contributed by atoms with van der Waals surface area (Å²) >= 11 is 7.74. The Morgan fingerprint density at radius 3 is 3.00 bits per heavy atom. The van der Waals surface area contributed by atoms with Gasteiger partial charge in [0.1, 0.15) is 24.7 Å². The molecule has 30 heavy (non-hydrogen) atoms. The number of fused-ring (bicyclic) bond motifs is 4. The summed E-state index contributed by atoms with van der Waals surface area (Å²) in [4.78, 5) is 14.3. The van der Waals surface area contributed by atoms with Crippen LogP contribution in [0.25, 0.3) is 0 Å². The smallest absolute Gasteiger partial charge is 0.150 e. The molecule has 6 nitrogen and oxygen atoms in total. The molecule has 2 aromatic carbocycles. The fourth-order valence-corrected chi connectivity index (χ4v) is 4.80. The van der Waals surface area contributed by atoms with Gasteiger partial charge in [0.25, 0.3) is 0 Å². The van der Waals surface area contributed by atoms with Gasteiger partial charge in [0, 0.05) is 12.1 Å². The lowest BCUT2D eigenvalue weighted by Gasteiger charge is -2.38. The van der Waals surface area contributed by atoms with Crippen molar-refractivity contribution in [2.24, 2.45) is 0 Å². The first-order chi connectivity index (χ1) is 14.7. The zero-order valence-corrected chi connectivity index (χ0v) is 18.0. The molecule has 1 saturated heterocycles. The minimum atomic E-state index is 0.234. The average molecular weight is 444 g/mol. The van der Waals surface area contributed by atoms with Crippen LogP contribution in [-0.4, -0.2) is 38.7 Å². The van der Waals surface area contributed by atoms with E-state index >= 15 is 0 Å². The first-order valence-electron chi connectivity index (χ1n) is 9.92. The number of piperidine rings is 1. The van der Waals surface area contributed by atoms with Crippen molar-refractivity contribution in [1.29, 1.82) is 5.26 Å². The first-order valence-corrected chi connectivity index (χ1v) is 11.1. The van der Waals surface area contributed by atoms with Crippen molar-refractivity contribution in [2.45, 2.75) is 30.2 Å². The highest BCUT2D eigenvalue weighted by Crippen LogP contribution is 2.39. The van der Waals surface area contributed by atoms with E-state index in [1.165, 1.54) is 11.9 Å². The summed E-state index contributed by atoms with van der Waals surface area (Å²) in [6.07, 6.45) is 4.09. The van der Waals surface area contributed by atoms with Crippen LogP contribution in [0.3, 0.4) is 0 Å². The highest BCUT2D eigenvalue weighted by atomic mass is 35.5. The Labute approximate surface area is 185 Å². The molecule has 2 aliphatic rings. The monoisotopic (exact) mass is 443 g/mol. The highest BCUT2D eigenvalue weighted by Gasteiger charge is 2.26. The number of benzene rings is 2. The van der Waals surface area contributed by atoms with Crippen LogP contribution in [0.4, 0.5) is 11.4 Å². The standard InChI is InChI=1S/C22H22ClN3O3S/c23-18-11-20-19(10-16(18)12-24)25-30-22-9-15(13-27)4-5-21(22)29-8-7-28-14-17-3-1-2-6-26(17)20/h4-5,9-11,13,17,25H,1-3,6-8,14H2. The maximum atomic E-state index is 11.2. The van der Waals surface area contributed by atoms with Gasteiger partial charge in [0.2, 0.25) is 0 Å². The Kier molecular flexibility index (Phi) is 6.68. The molecule has 0 bridgehead atoms. The molecule has 0 saturated carbocycles. The molecule has 2 heterocycles. The van der Waals surface area contributed by atoms with Gasteiger partial charge in [-0.05, 0) is 61.5 Å². The number of hydrogen-bond acceptors (Lipinski definition) is 7. The molecule has 0 spiro atoms. The van der Waals surface area contributed by atoms with Crippen molar-refractivity contribution < 1.29 is 14.3 Å². The first kappa shape index (κ1) is 20.9. The van der Waals surface area contributed by atoms with Gasteiger partial charge in [-0.3, -0.25) is 4.79 Å². The second-order valence-electron chi connectivity index (χ2n) is 7.26. The van der Waals surface area contributed by atoms with E-state index < -0.39 is 0 Å². The van der Waals surface area contributed by atoms with Crippen molar-refractivity contribution in [3.8, 4) is 11.8 Å². The van der Waals surface area contributed by atoms with E-state index in [9.17, 15) is 10.1 Å². The van der Waals surface area contributed by atoms with Gasteiger partial charge >= 0.3 is 0 Å². The Morgan fingerprint density at radius 1 is 1.27 bits per heavy atom.